The Hall–Kier alpha value is -2.13. The molecule has 26 heavy (non-hydrogen) atoms. The third kappa shape index (κ3) is 4.16. The molecule has 1 fully saturated rings. The van der Waals surface area contributed by atoms with E-state index in [4.69, 9.17) is 0 Å². The van der Waals surface area contributed by atoms with Crippen molar-refractivity contribution in [3.8, 4) is 11.1 Å². The van der Waals surface area contributed by atoms with Gasteiger partial charge >= 0.3 is 0 Å². The van der Waals surface area contributed by atoms with Crippen molar-refractivity contribution in [3.63, 3.8) is 0 Å². The number of amides is 1. The van der Waals surface area contributed by atoms with Gasteiger partial charge in [0, 0.05) is 37.8 Å². The van der Waals surface area contributed by atoms with Gasteiger partial charge < -0.3 is 4.90 Å². The molecule has 0 bridgehead atoms. The summed E-state index contributed by atoms with van der Waals surface area (Å²) < 4.78 is 0. The van der Waals surface area contributed by atoms with Crippen LogP contribution in [0.15, 0.2) is 48.5 Å². The molecule has 3 nitrogen and oxygen atoms in total. The molecule has 1 aliphatic heterocycles. The summed E-state index contributed by atoms with van der Waals surface area (Å²) in [7, 11) is 0. The van der Waals surface area contributed by atoms with Crippen LogP contribution >= 0.6 is 0 Å². The number of carbonyl (C=O) groups is 1. The van der Waals surface area contributed by atoms with Gasteiger partial charge in [0.1, 0.15) is 0 Å². The Morgan fingerprint density at radius 2 is 1.50 bits per heavy atom. The maximum Gasteiger partial charge on any atom is 0.253 e. The summed E-state index contributed by atoms with van der Waals surface area (Å²) in [4.78, 5) is 17.2. The molecule has 0 unspecified atom stereocenters. The summed E-state index contributed by atoms with van der Waals surface area (Å²) in [6, 6.07) is 17.3. The highest BCUT2D eigenvalue weighted by molar-refractivity contribution is 5.94. The zero-order chi connectivity index (χ0) is 18.7. The van der Waals surface area contributed by atoms with Crippen molar-refractivity contribution in [2.75, 3.05) is 26.2 Å². The lowest BCUT2D eigenvalue weighted by Gasteiger charge is -2.37. The Labute approximate surface area is 157 Å². The Bertz CT molecular complexity index is 741. The molecule has 0 aliphatic carbocycles. The largest absolute Gasteiger partial charge is 0.336 e. The molecule has 0 atom stereocenters. The number of piperazine rings is 1. The molecule has 0 radical (unpaired) electrons. The quantitative estimate of drug-likeness (QED) is 0.802. The summed E-state index contributed by atoms with van der Waals surface area (Å²) in [6.07, 6.45) is 0. The van der Waals surface area contributed by atoms with E-state index in [0.717, 1.165) is 37.3 Å². The first-order chi connectivity index (χ1) is 12.5. The molecule has 1 heterocycles. The topological polar surface area (TPSA) is 23.6 Å². The first-order valence-electron chi connectivity index (χ1n) is 9.69. The van der Waals surface area contributed by atoms with Gasteiger partial charge in [0.05, 0.1) is 0 Å². The molecule has 3 heteroatoms. The number of benzene rings is 2. The lowest BCUT2D eigenvalue weighted by Crippen LogP contribution is -2.50. The molecule has 2 aromatic carbocycles. The monoisotopic (exact) mass is 350 g/mol. The van der Waals surface area contributed by atoms with Gasteiger partial charge in [-0.25, -0.2) is 0 Å². The summed E-state index contributed by atoms with van der Waals surface area (Å²) >= 11 is 0. The standard InChI is InChI=1S/C23H30N2O/c1-17(2)21-6-5-7-22(16-21)19-8-10-20(11-9-19)23(26)25-14-12-24(13-15-25)18(3)4/h5-11,16-18H,12-15H2,1-4H3. The molecule has 0 saturated carbocycles. The minimum Gasteiger partial charge on any atom is -0.336 e. The van der Waals surface area contributed by atoms with Gasteiger partial charge in [0.15, 0.2) is 0 Å². The zero-order valence-corrected chi connectivity index (χ0v) is 16.4. The minimum absolute atomic E-state index is 0.149. The summed E-state index contributed by atoms with van der Waals surface area (Å²) in [6.45, 7) is 12.4. The molecule has 0 N–H and O–H groups in total. The second-order valence-corrected chi connectivity index (χ2v) is 7.78. The normalized spacial score (nSPS) is 15.7. The summed E-state index contributed by atoms with van der Waals surface area (Å²) in [5.41, 5.74) is 4.49. The molecular formula is C23H30N2O. The summed E-state index contributed by atoms with van der Waals surface area (Å²) in [5.74, 6) is 0.663. The average Bonchev–Trinajstić information content (AvgIpc) is 2.67. The Balaban J connectivity index is 1.70. The van der Waals surface area contributed by atoms with Crippen molar-refractivity contribution in [2.45, 2.75) is 39.7 Å². The third-order valence-corrected chi connectivity index (χ3v) is 5.35. The van der Waals surface area contributed by atoms with Gasteiger partial charge in [-0.2, -0.15) is 0 Å². The zero-order valence-electron chi connectivity index (χ0n) is 16.4. The van der Waals surface area contributed by atoms with E-state index < -0.39 is 0 Å². The van der Waals surface area contributed by atoms with E-state index in [9.17, 15) is 4.79 Å². The van der Waals surface area contributed by atoms with E-state index in [2.05, 4.69) is 69.0 Å². The van der Waals surface area contributed by atoms with Crippen molar-refractivity contribution < 1.29 is 4.79 Å². The molecule has 1 aliphatic rings. The fourth-order valence-corrected chi connectivity index (χ4v) is 3.51. The van der Waals surface area contributed by atoms with Crippen molar-refractivity contribution in [3.05, 3.63) is 59.7 Å². The van der Waals surface area contributed by atoms with Crippen molar-refractivity contribution in [1.29, 1.82) is 0 Å². The predicted molar refractivity (Wildman–Crippen MR) is 109 cm³/mol. The van der Waals surface area contributed by atoms with Crippen molar-refractivity contribution >= 4 is 5.91 Å². The SMILES string of the molecule is CC(C)c1cccc(-c2ccc(C(=O)N3CCN(C(C)C)CC3)cc2)c1. The summed E-state index contributed by atoms with van der Waals surface area (Å²) in [5, 5.41) is 0. The Morgan fingerprint density at radius 3 is 2.08 bits per heavy atom. The van der Waals surface area contributed by atoms with Crippen LogP contribution in [-0.2, 0) is 0 Å². The fourth-order valence-electron chi connectivity index (χ4n) is 3.51. The van der Waals surface area contributed by atoms with Crippen LogP contribution in [0, 0.1) is 0 Å². The lowest BCUT2D eigenvalue weighted by molar-refractivity contribution is 0.0595. The highest BCUT2D eigenvalue weighted by Crippen LogP contribution is 2.24. The highest BCUT2D eigenvalue weighted by atomic mass is 16.2. The maximum absolute atomic E-state index is 12.8. The third-order valence-electron chi connectivity index (χ3n) is 5.35. The fraction of sp³-hybridized carbons (Fsp3) is 0.435. The van der Waals surface area contributed by atoms with E-state index in [1.54, 1.807) is 0 Å². The van der Waals surface area contributed by atoms with Gasteiger partial charge in [0.2, 0.25) is 0 Å². The molecule has 138 valence electrons. The number of nitrogens with zero attached hydrogens (tertiary/aromatic N) is 2. The van der Waals surface area contributed by atoms with E-state index in [1.807, 2.05) is 17.0 Å². The molecule has 1 saturated heterocycles. The average molecular weight is 351 g/mol. The van der Waals surface area contributed by atoms with Crippen molar-refractivity contribution in [1.82, 2.24) is 9.80 Å². The predicted octanol–water partition coefficient (Wildman–Crippen LogP) is 4.64. The van der Waals surface area contributed by atoms with Crippen LogP contribution in [0.1, 0.15) is 49.5 Å². The lowest BCUT2D eigenvalue weighted by atomic mass is 9.97. The molecule has 1 amide bonds. The first-order valence-corrected chi connectivity index (χ1v) is 9.69. The van der Waals surface area contributed by atoms with Crippen molar-refractivity contribution in [2.24, 2.45) is 0 Å². The van der Waals surface area contributed by atoms with Crippen LogP contribution in [0.4, 0.5) is 0 Å². The van der Waals surface area contributed by atoms with Crippen LogP contribution in [0.3, 0.4) is 0 Å². The van der Waals surface area contributed by atoms with Gasteiger partial charge in [-0.05, 0) is 48.6 Å². The van der Waals surface area contributed by atoms with Crippen LogP contribution in [-0.4, -0.2) is 47.9 Å². The molecular weight excluding hydrogens is 320 g/mol. The van der Waals surface area contributed by atoms with Gasteiger partial charge in [-0.3, -0.25) is 9.69 Å². The number of hydrogen-bond acceptors (Lipinski definition) is 2. The number of hydrogen-bond donors (Lipinski definition) is 0. The van der Waals surface area contributed by atoms with Gasteiger partial charge in [-0.15, -0.1) is 0 Å². The minimum atomic E-state index is 0.149. The van der Waals surface area contributed by atoms with E-state index in [-0.39, 0.29) is 5.91 Å². The maximum atomic E-state index is 12.8. The molecule has 3 rings (SSSR count). The first kappa shape index (κ1) is 18.7. The van der Waals surface area contributed by atoms with E-state index >= 15 is 0 Å². The number of carbonyl (C=O) groups excluding carboxylic acids is 1. The molecule has 0 spiro atoms. The van der Waals surface area contributed by atoms with E-state index in [0.29, 0.717) is 12.0 Å². The van der Waals surface area contributed by atoms with Crippen LogP contribution in [0.5, 0.6) is 0 Å². The smallest absolute Gasteiger partial charge is 0.253 e. The van der Waals surface area contributed by atoms with Crippen LogP contribution in [0.25, 0.3) is 11.1 Å². The van der Waals surface area contributed by atoms with Gasteiger partial charge in [0.25, 0.3) is 5.91 Å². The Kier molecular flexibility index (Phi) is 5.77. The Morgan fingerprint density at radius 1 is 0.846 bits per heavy atom. The van der Waals surface area contributed by atoms with Gasteiger partial charge in [-0.1, -0.05) is 50.2 Å². The molecule has 2 aromatic rings. The second-order valence-electron chi connectivity index (χ2n) is 7.78. The van der Waals surface area contributed by atoms with Crippen LogP contribution in [0.2, 0.25) is 0 Å². The second kappa shape index (κ2) is 8.05. The molecule has 0 aromatic heterocycles. The highest BCUT2D eigenvalue weighted by Gasteiger charge is 2.23. The van der Waals surface area contributed by atoms with Crippen LogP contribution < -0.4 is 0 Å². The number of rotatable bonds is 4. The van der Waals surface area contributed by atoms with E-state index in [1.165, 1.54) is 11.1 Å².